The first-order valence-electron chi connectivity index (χ1n) is 9.20. The molecule has 0 spiro atoms. The molecule has 0 aliphatic heterocycles. The molecule has 2 aromatic rings. The van der Waals surface area contributed by atoms with Gasteiger partial charge in [0.15, 0.2) is 0 Å². The van der Waals surface area contributed by atoms with Gasteiger partial charge < -0.3 is 0 Å². The lowest BCUT2D eigenvalue weighted by atomic mass is 9.72. The summed E-state index contributed by atoms with van der Waals surface area (Å²) in [6, 6.07) is 14.9. The molecule has 0 N–H and O–H groups in total. The van der Waals surface area contributed by atoms with Gasteiger partial charge in [0.1, 0.15) is 5.82 Å². The number of aryl methyl sites for hydroxylation is 1. The first-order valence-corrected chi connectivity index (χ1v) is 9.57. The van der Waals surface area contributed by atoms with E-state index in [9.17, 15) is 4.39 Å². The third-order valence-corrected chi connectivity index (χ3v) is 5.07. The molecular weight excluding hydrogens is 343 g/mol. The van der Waals surface area contributed by atoms with E-state index in [1.807, 2.05) is 30.3 Å². The molecule has 0 radical (unpaired) electrons. The molecule has 0 aliphatic carbocycles. The van der Waals surface area contributed by atoms with Crippen LogP contribution in [0, 0.1) is 11.2 Å². The number of allylic oxidation sites excluding steroid dienone is 3. The average molecular weight is 371 g/mol. The van der Waals surface area contributed by atoms with Crippen molar-refractivity contribution in [2.45, 2.75) is 45.4 Å². The molecule has 138 valence electrons. The maximum Gasteiger partial charge on any atom is 0.123 e. The Kier molecular flexibility index (Phi) is 7.66. The Balaban J connectivity index is 2.01. The second-order valence-electron chi connectivity index (χ2n) is 7.46. The normalized spacial score (nSPS) is 13.1. The van der Waals surface area contributed by atoms with E-state index in [1.165, 1.54) is 23.3 Å². The molecule has 0 bridgehead atoms. The van der Waals surface area contributed by atoms with Crippen molar-refractivity contribution >= 4 is 11.6 Å². The Bertz CT molecular complexity index is 711. The van der Waals surface area contributed by atoms with Gasteiger partial charge in [-0.3, -0.25) is 0 Å². The summed E-state index contributed by atoms with van der Waals surface area (Å²) in [5.41, 5.74) is 2.54. The number of benzene rings is 2. The van der Waals surface area contributed by atoms with E-state index in [-0.39, 0.29) is 11.2 Å². The van der Waals surface area contributed by atoms with E-state index in [0.29, 0.717) is 5.92 Å². The molecule has 1 atom stereocenters. The van der Waals surface area contributed by atoms with Crippen LogP contribution in [-0.2, 0) is 6.42 Å². The second-order valence-corrected chi connectivity index (χ2v) is 7.89. The van der Waals surface area contributed by atoms with Crippen LogP contribution in [0.3, 0.4) is 0 Å². The molecule has 0 saturated heterocycles. The van der Waals surface area contributed by atoms with Crippen LogP contribution in [0.2, 0.25) is 5.02 Å². The predicted octanol–water partition coefficient (Wildman–Crippen LogP) is 7.74. The quantitative estimate of drug-likeness (QED) is 0.312. The predicted molar refractivity (Wildman–Crippen MR) is 111 cm³/mol. The first kappa shape index (κ1) is 20.5. The van der Waals surface area contributed by atoms with Crippen molar-refractivity contribution < 1.29 is 4.39 Å². The maximum atomic E-state index is 13.0. The van der Waals surface area contributed by atoms with Gasteiger partial charge in [-0.15, -0.1) is 6.58 Å². The molecule has 0 saturated carbocycles. The number of rotatable bonds is 9. The second kappa shape index (κ2) is 9.73. The van der Waals surface area contributed by atoms with Gasteiger partial charge in [0.25, 0.3) is 0 Å². The topological polar surface area (TPSA) is 0 Å². The molecule has 0 aliphatic rings. The van der Waals surface area contributed by atoms with Gasteiger partial charge in [-0.05, 0) is 66.5 Å². The zero-order chi connectivity index (χ0) is 19.0. The van der Waals surface area contributed by atoms with Gasteiger partial charge >= 0.3 is 0 Å². The van der Waals surface area contributed by atoms with E-state index in [0.717, 1.165) is 30.7 Å². The summed E-state index contributed by atoms with van der Waals surface area (Å²) in [7, 11) is 0. The van der Waals surface area contributed by atoms with E-state index >= 15 is 0 Å². The van der Waals surface area contributed by atoms with Crippen LogP contribution >= 0.6 is 11.6 Å². The Labute approximate surface area is 162 Å². The number of hydrogen-bond donors (Lipinski definition) is 0. The van der Waals surface area contributed by atoms with Crippen molar-refractivity contribution in [2.75, 3.05) is 0 Å². The molecule has 26 heavy (non-hydrogen) atoms. The lowest BCUT2D eigenvalue weighted by Gasteiger charge is -2.32. The number of halogens is 2. The lowest BCUT2D eigenvalue weighted by molar-refractivity contribution is 0.328. The van der Waals surface area contributed by atoms with Gasteiger partial charge in [0.05, 0.1) is 0 Å². The zero-order valence-electron chi connectivity index (χ0n) is 15.7. The van der Waals surface area contributed by atoms with E-state index in [2.05, 4.69) is 44.7 Å². The third-order valence-electron chi connectivity index (χ3n) is 4.82. The Morgan fingerprint density at radius 1 is 1.08 bits per heavy atom. The molecule has 0 fully saturated rings. The molecular formula is C24H28ClF. The van der Waals surface area contributed by atoms with Crippen molar-refractivity contribution in [2.24, 2.45) is 5.41 Å². The average Bonchev–Trinajstić information content (AvgIpc) is 2.60. The standard InChI is InChI=1S/C24H28ClF/c1-4-18-24(2,3)23(20-12-14-21(25)15-13-20)9-7-5-6-8-19-10-16-22(26)17-11-19/h4,7,9-17,23H,1,5-6,8,18H2,2-3H3. The van der Waals surface area contributed by atoms with Gasteiger partial charge in [-0.25, -0.2) is 4.39 Å². The molecule has 0 nitrogen and oxygen atoms in total. The maximum absolute atomic E-state index is 13.0. The van der Waals surface area contributed by atoms with E-state index in [1.54, 1.807) is 0 Å². The molecule has 2 heteroatoms. The summed E-state index contributed by atoms with van der Waals surface area (Å²) in [6.07, 6.45) is 10.5. The monoisotopic (exact) mass is 370 g/mol. The Hall–Kier alpha value is -1.86. The van der Waals surface area contributed by atoms with Gasteiger partial charge in [0, 0.05) is 10.9 Å². The van der Waals surface area contributed by atoms with Crippen molar-refractivity contribution in [1.82, 2.24) is 0 Å². The van der Waals surface area contributed by atoms with Crippen molar-refractivity contribution in [3.05, 3.63) is 95.3 Å². The molecule has 0 aromatic heterocycles. The Morgan fingerprint density at radius 2 is 1.73 bits per heavy atom. The van der Waals surface area contributed by atoms with Crippen LogP contribution in [-0.4, -0.2) is 0 Å². The van der Waals surface area contributed by atoms with Gasteiger partial charge in [-0.1, -0.05) is 67.9 Å². The highest BCUT2D eigenvalue weighted by atomic mass is 35.5. The Morgan fingerprint density at radius 3 is 2.35 bits per heavy atom. The molecule has 2 aromatic carbocycles. The number of hydrogen-bond acceptors (Lipinski definition) is 0. The van der Waals surface area contributed by atoms with Crippen LogP contribution in [0.25, 0.3) is 0 Å². The van der Waals surface area contributed by atoms with Crippen molar-refractivity contribution in [1.29, 1.82) is 0 Å². The largest absolute Gasteiger partial charge is 0.207 e. The van der Waals surface area contributed by atoms with E-state index in [4.69, 9.17) is 11.6 Å². The first-order chi connectivity index (χ1) is 12.4. The van der Waals surface area contributed by atoms with Crippen LogP contribution in [0.15, 0.2) is 73.3 Å². The molecule has 1 unspecified atom stereocenters. The molecule has 2 rings (SSSR count). The van der Waals surface area contributed by atoms with Crippen LogP contribution in [0.5, 0.6) is 0 Å². The minimum atomic E-state index is -0.177. The molecule has 0 heterocycles. The fourth-order valence-electron chi connectivity index (χ4n) is 3.30. The van der Waals surface area contributed by atoms with Crippen molar-refractivity contribution in [3.8, 4) is 0 Å². The summed E-state index contributed by atoms with van der Waals surface area (Å²) in [5, 5.41) is 0.761. The summed E-state index contributed by atoms with van der Waals surface area (Å²) in [5.74, 6) is 0.132. The summed E-state index contributed by atoms with van der Waals surface area (Å²) in [4.78, 5) is 0. The smallest absolute Gasteiger partial charge is 0.123 e. The summed E-state index contributed by atoms with van der Waals surface area (Å²) < 4.78 is 13.0. The minimum Gasteiger partial charge on any atom is -0.207 e. The lowest BCUT2D eigenvalue weighted by Crippen LogP contribution is -2.20. The SMILES string of the molecule is C=CCC(C)(C)C(C=CCCCc1ccc(F)cc1)c1ccc(Cl)cc1. The highest BCUT2D eigenvalue weighted by Crippen LogP contribution is 2.40. The fraction of sp³-hybridized carbons (Fsp3) is 0.333. The van der Waals surface area contributed by atoms with Crippen LogP contribution in [0.1, 0.15) is 50.2 Å². The fourth-order valence-corrected chi connectivity index (χ4v) is 3.43. The number of unbranched alkanes of at least 4 members (excludes halogenated alkanes) is 1. The van der Waals surface area contributed by atoms with Gasteiger partial charge in [-0.2, -0.15) is 0 Å². The third kappa shape index (κ3) is 6.14. The zero-order valence-corrected chi connectivity index (χ0v) is 16.5. The van der Waals surface area contributed by atoms with Crippen molar-refractivity contribution in [3.63, 3.8) is 0 Å². The molecule has 0 amide bonds. The minimum absolute atomic E-state index is 0.0863. The van der Waals surface area contributed by atoms with Crippen LogP contribution in [0.4, 0.5) is 4.39 Å². The highest BCUT2D eigenvalue weighted by molar-refractivity contribution is 6.30. The van der Waals surface area contributed by atoms with E-state index < -0.39 is 0 Å². The van der Waals surface area contributed by atoms with Gasteiger partial charge in [0.2, 0.25) is 0 Å². The highest BCUT2D eigenvalue weighted by Gasteiger charge is 2.27. The summed E-state index contributed by atoms with van der Waals surface area (Å²) in [6.45, 7) is 8.46. The summed E-state index contributed by atoms with van der Waals surface area (Å²) >= 11 is 6.05. The van der Waals surface area contributed by atoms with Crippen LogP contribution < -0.4 is 0 Å².